The lowest BCUT2D eigenvalue weighted by atomic mass is 9.92. The SMILES string of the molecule is CCc1ccc2ccccc2c1-c1ccccc1Cl. The molecule has 3 aromatic carbocycles. The summed E-state index contributed by atoms with van der Waals surface area (Å²) in [4.78, 5) is 0. The summed E-state index contributed by atoms with van der Waals surface area (Å²) in [5.74, 6) is 0. The molecule has 0 aliphatic carbocycles. The molecule has 0 aliphatic rings. The Morgan fingerprint density at radius 2 is 1.58 bits per heavy atom. The number of hydrogen-bond acceptors (Lipinski definition) is 0. The molecule has 0 N–H and O–H groups in total. The standard InChI is InChI=1S/C18H15Cl/c1-2-13-11-12-14-7-3-4-8-15(14)18(13)16-9-5-6-10-17(16)19/h3-12H,2H2,1H3. The van der Waals surface area contributed by atoms with Crippen LogP contribution in [0.25, 0.3) is 21.9 Å². The van der Waals surface area contributed by atoms with Crippen LogP contribution in [0.2, 0.25) is 5.02 Å². The molecule has 0 atom stereocenters. The van der Waals surface area contributed by atoms with E-state index in [0.717, 1.165) is 17.0 Å². The fourth-order valence-corrected chi connectivity index (χ4v) is 2.82. The van der Waals surface area contributed by atoms with E-state index in [4.69, 9.17) is 11.6 Å². The summed E-state index contributed by atoms with van der Waals surface area (Å²) in [6, 6.07) is 21.0. The first-order valence-electron chi connectivity index (χ1n) is 6.57. The van der Waals surface area contributed by atoms with Crippen LogP contribution < -0.4 is 0 Å². The molecule has 0 aromatic heterocycles. The number of halogens is 1. The molecular formula is C18H15Cl. The summed E-state index contributed by atoms with van der Waals surface area (Å²) in [6.07, 6.45) is 1.01. The molecule has 0 nitrogen and oxygen atoms in total. The maximum atomic E-state index is 6.39. The van der Waals surface area contributed by atoms with Crippen LogP contribution in [0.3, 0.4) is 0 Å². The number of hydrogen-bond donors (Lipinski definition) is 0. The molecule has 1 heteroatoms. The van der Waals surface area contributed by atoms with E-state index in [9.17, 15) is 0 Å². The monoisotopic (exact) mass is 266 g/mol. The minimum atomic E-state index is 0.813. The molecule has 0 amide bonds. The van der Waals surface area contributed by atoms with Crippen molar-refractivity contribution in [3.63, 3.8) is 0 Å². The van der Waals surface area contributed by atoms with Gasteiger partial charge in [0.2, 0.25) is 0 Å². The van der Waals surface area contributed by atoms with Crippen LogP contribution in [-0.2, 0) is 6.42 Å². The molecule has 0 fully saturated rings. The van der Waals surface area contributed by atoms with E-state index in [1.54, 1.807) is 0 Å². The Labute approximate surface area is 118 Å². The van der Waals surface area contributed by atoms with Gasteiger partial charge in [0, 0.05) is 10.6 Å². The van der Waals surface area contributed by atoms with Crippen molar-refractivity contribution in [3.8, 4) is 11.1 Å². The lowest BCUT2D eigenvalue weighted by Gasteiger charge is -2.13. The highest BCUT2D eigenvalue weighted by Crippen LogP contribution is 2.36. The molecule has 0 saturated heterocycles. The van der Waals surface area contributed by atoms with Gasteiger partial charge in [-0.15, -0.1) is 0 Å². The van der Waals surface area contributed by atoms with Crippen LogP contribution in [0.15, 0.2) is 60.7 Å². The average Bonchev–Trinajstić information content (AvgIpc) is 2.47. The summed E-state index contributed by atoms with van der Waals surface area (Å²) >= 11 is 6.39. The van der Waals surface area contributed by atoms with Crippen LogP contribution in [0.4, 0.5) is 0 Å². The van der Waals surface area contributed by atoms with Crippen molar-refractivity contribution in [1.82, 2.24) is 0 Å². The minimum absolute atomic E-state index is 0.813. The van der Waals surface area contributed by atoms with Gasteiger partial charge in [0.25, 0.3) is 0 Å². The third kappa shape index (κ3) is 2.13. The van der Waals surface area contributed by atoms with E-state index in [-0.39, 0.29) is 0 Å². The van der Waals surface area contributed by atoms with Gasteiger partial charge in [0.05, 0.1) is 0 Å². The maximum absolute atomic E-state index is 6.39. The second-order valence-corrected chi connectivity index (χ2v) is 5.06. The Bertz CT molecular complexity index is 729. The molecule has 19 heavy (non-hydrogen) atoms. The normalized spacial score (nSPS) is 10.8. The quantitative estimate of drug-likeness (QED) is 0.556. The van der Waals surface area contributed by atoms with Gasteiger partial charge in [0.1, 0.15) is 0 Å². The van der Waals surface area contributed by atoms with Gasteiger partial charge in [-0.25, -0.2) is 0 Å². The average molecular weight is 267 g/mol. The molecular weight excluding hydrogens is 252 g/mol. The fraction of sp³-hybridized carbons (Fsp3) is 0.111. The highest BCUT2D eigenvalue weighted by Gasteiger charge is 2.11. The van der Waals surface area contributed by atoms with Gasteiger partial charge in [-0.1, -0.05) is 73.1 Å². The van der Waals surface area contributed by atoms with Crippen molar-refractivity contribution in [2.45, 2.75) is 13.3 Å². The third-order valence-corrected chi connectivity index (χ3v) is 3.87. The van der Waals surface area contributed by atoms with E-state index < -0.39 is 0 Å². The highest BCUT2D eigenvalue weighted by atomic mass is 35.5. The molecule has 0 unspecified atom stereocenters. The Hall–Kier alpha value is -1.79. The van der Waals surface area contributed by atoms with Gasteiger partial charge in [-0.2, -0.15) is 0 Å². The van der Waals surface area contributed by atoms with Crippen LogP contribution >= 0.6 is 11.6 Å². The molecule has 94 valence electrons. The highest BCUT2D eigenvalue weighted by molar-refractivity contribution is 6.33. The first-order chi connectivity index (χ1) is 9.31. The third-order valence-electron chi connectivity index (χ3n) is 3.54. The minimum Gasteiger partial charge on any atom is -0.0837 e. The number of aryl methyl sites for hydroxylation is 1. The van der Waals surface area contributed by atoms with Crippen LogP contribution in [0.1, 0.15) is 12.5 Å². The number of fused-ring (bicyclic) bond motifs is 1. The zero-order valence-corrected chi connectivity index (χ0v) is 11.6. The van der Waals surface area contributed by atoms with Crippen LogP contribution in [-0.4, -0.2) is 0 Å². The van der Waals surface area contributed by atoms with E-state index in [0.29, 0.717) is 0 Å². The molecule has 3 aromatic rings. The van der Waals surface area contributed by atoms with Crippen molar-refractivity contribution in [2.75, 3.05) is 0 Å². The Balaban J connectivity index is 2.41. The Kier molecular flexibility index (Phi) is 3.27. The summed E-state index contributed by atoms with van der Waals surface area (Å²) in [6.45, 7) is 2.18. The zero-order chi connectivity index (χ0) is 13.2. The van der Waals surface area contributed by atoms with Gasteiger partial charge in [-0.3, -0.25) is 0 Å². The van der Waals surface area contributed by atoms with Crippen molar-refractivity contribution < 1.29 is 0 Å². The number of rotatable bonds is 2. The predicted molar refractivity (Wildman–Crippen MR) is 83.8 cm³/mol. The first kappa shape index (κ1) is 12.3. The van der Waals surface area contributed by atoms with Crippen molar-refractivity contribution >= 4 is 22.4 Å². The second-order valence-electron chi connectivity index (χ2n) is 4.65. The molecule has 0 bridgehead atoms. The Morgan fingerprint density at radius 3 is 2.37 bits per heavy atom. The van der Waals surface area contributed by atoms with E-state index in [1.165, 1.54) is 21.9 Å². The summed E-state index contributed by atoms with van der Waals surface area (Å²) < 4.78 is 0. The first-order valence-corrected chi connectivity index (χ1v) is 6.94. The van der Waals surface area contributed by atoms with E-state index in [1.807, 2.05) is 18.2 Å². The van der Waals surface area contributed by atoms with Gasteiger partial charge >= 0.3 is 0 Å². The lowest BCUT2D eigenvalue weighted by molar-refractivity contribution is 1.15. The fourth-order valence-electron chi connectivity index (χ4n) is 2.59. The Morgan fingerprint density at radius 1 is 0.842 bits per heavy atom. The topological polar surface area (TPSA) is 0 Å². The van der Waals surface area contributed by atoms with Crippen molar-refractivity contribution in [1.29, 1.82) is 0 Å². The van der Waals surface area contributed by atoms with Crippen molar-refractivity contribution in [2.24, 2.45) is 0 Å². The van der Waals surface area contributed by atoms with Crippen LogP contribution in [0.5, 0.6) is 0 Å². The summed E-state index contributed by atoms with van der Waals surface area (Å²) in [7, 11) is 0. The lowest BCUT2D eigenvalue weighted by Crippen LogP contribution is -1.90. The molecule has 0 saturated carbocycles. The summed E-state index contributed by atoms with van der Waals surface area (Å²) in [5, 5.41) is 3.35. The largest absolute Gasteiger partial charge is 0.0837 e. The smallest absolute Gasteiger partial charge is 0.0484 e. The molecule has 3 rings (SSSR count). The van der Waals surface area contributed by atoms with Gasteiger partial charge in [0.15, 0.2) is 0 Å². The predicted octanol–water partition coefficient (Wildman–Crippen LogP) is 5.72. The summed E-state index contributed by atoms with van der Waals surface area (Å²) in [5.41, 5.74) is 3.73. The van der Waals surface area contributed by atoms with Crippen molar-refractivity contribution in [3.05, 3.63) is 71.2 Å². The molecule has 0 aliphatic heterocycles. The molecule has 0 heterocycles. The molecule has 0 spiro atoms. The molecule has 0 radical (unpaired) electrons. The van der Waals surface area contributed by atoms with Gasteiger partial charge in [-0.05, 0) is 34.4 Å². The zero-order valence-electron chi connectivity index (χ0n) is 10.9. The van der Waals surface area contributed by atoms with Gasteiger partial charge < -0.3 is 0 Å². The van der Waals surface area contributed by atoms with Crippen LogP contribution in [0, 0.1) is 0 Å². The maximum Gasteiger partial charge on any atom is 0.0484 e. The second kappa shape index (κ2) is 5.07. The van der Waals surface area contributed by atoms with E-state index in [2.05, 4.69) is 49.4 Å². The number of benzene rings is 3. The van der Waals surface area contributed by atoms with E-state index >= 15 is 0 Å².